The zero-order chi connectivity index (χ0) is 18.9. The molecule has 2 heterocycles. The number of amides is 1. The van der Waals surface area contributed by atoms with E-state index in [0.29, 0.717) is 24.4 Å². The molecule has 0 bridgehead atoms. The fourth-order valence-electron chi connectivity index (χ4n) is 2.92. The first-order chi connectivity index (χ1) is 12.3. The number of aromatic nitrogens is 3. The van der Waals surface area contributed by atoms with Crippen molar-refractivity contribution in [3.8, 4) is 11.3 Å². The number of rotatable bonds is 4. The van der Waals surface area contributed by atoms with E-state index in [9.17, 15) is 4.79 Å². The first-order valence-corrected chi connectivity index (χ1v) is 9.11. The molecule has 26 heavy (non-hydrogen) atoms. The molecule has 5 nitrogen and oxygen atoms in total. The number of fused-ring (bicyclic) bond motifs is 1. The molecule has 136 valence electrons. The Morgan fingerprint density at radius 1 is 1.08 bits per heavy atom. The topological polar surface area (TPSA) is 50.5 Å². The van der Waals surface area contributed by atoms with Gasteiger partial charge in [0.2, 0.25) is 0 Å². The third-order valence-electron chi connectivity index (χ3n) is 4.53. The van der Waals surface area contributed by atoms with Crippen LogP contribution in [-0.4, -0.2) is 38.5 Å². The third kappa shape index (κ3) is 3.34. The van der Waals surface area contributed by atoms with E-state index in [2.05, 4.69) is 20.8 Å². The Labute approximate surface area is 154 Å². The summed E-state index contributed by atoms with van der Waals surface area (Å²) >= 11 is 0. The van der Waals surface area contributed by atoms with Gasteiger partial charge in [0.15, 0.2) is 5.65 Å². The van der Waals surface area contributed by atoms with Crippen LogP contribution in [0.3, 0.4) is 0 Å². The second kappa shape index (κ2) is 6.90. The molecule has 0 unspecified atom stereocenters. The summed E-state index contributed by atoms with van der Waals surface area (Å²) in [5, 5.41) is 4.70. The first-order valence-electron chi connectivity index (χ1n) is 9.11. The van der Waals surface area contributed by atoms with Crippen LogP contribution in [0.4, 0.5) is 0 Å². The zero-order valence-electron chi connectivity index (χ0n) is 16.2. The van der Waals surface area contributed by atoms with E-state index in [0.717, 1.165) is 17.0 Å². The summed E-state index contributed by atoms with van der Waals surface area (Å²) in [5.74, 6) is -0.0249. The lowest BCUT2D eigenvalue weighted by Gasteiger charge is -2.19. The summed E-state index contributed by atoms with van der Waals surface area (Å²) in [6, 6.07) is 13.8. The molecule has 0 atom stereocenters. The minimum Gasteiger partial charge on any atom is -0.338 e. The maximum atomic E-state index is 13.1. The number of benzene rings is 1. The van der Waals surface area contributed by atoms with Gasteiger partial charge in [-0.2, -0.15) is 5.10 Å². The Morgan fingerprint density at radius 3 is 2.31 bits per heavy atom. The molecule has 5 heteroatoms. The molecule has 2 aromatic heterocycles. The molecule has 0 aliphatic heterocycles. The van der Waals surface area contributed by atoms with Crippen LogP contribution < -0.4 is 0 Å². The van der Waals surface area contributed by atoms with Gasteiger partial charge in [0.25, 0.3) is 5.91 Å². The van der Waals surface area contributed by atoms with E-state index in [1.807, 2.05) is 61.2 Å². The van der Waals surface area contributed by atoms with Crippen molar-refractivity contribution in [3.63, 3.8) is 0 Å². The van der Waals surface area contributed by atoms with Gasteiger partial charge in [-0.1, -0.05) is 51.1 Å². The van der Waals surface area contributed by atoms with Gasteiger partial charge in [0.1, 0.15) is 5.69 Å². The van der Waals surface area contributed by atoms with Crippen LogP contribution in [-0.2, 0) is 5.41 Å². The fraction of sp³-hybridized carbons (Fsp3) is 0.381. The smallest absolute Gasteiger partial charge is 0.272 e. The summed E-state index contributed by atoms with van der Waals surface area (Å²) in [5.41, 5.74) is 3.83. The SMILES string of the molecule is CCN(CC)C(=O)c1cc(-c2ccccc2)nc2cc(C(C)(C)C)nn12. The average Bonchev–Trinajstić information content (AvgIpc) is 3.07. The van der Waals surface area contributed by atoms with E-state index in [1.165, 1.54) is 0 Å². The van der Waals surface area contributed by atoms with Gasteiger partial charge in [-0.15, -0.1) is 0 Å². The van der Waals surface area contributed by atoms with Crippen molar-refractivity contribution in [3.05, 3.63) is 53.9 Å². The Kier molecular flexibility index (Phi) is 4.81. The monoisotopic (exact) mass is 350 g/mol. The minimum absolute atomic E-state index is 0.0249. The maximum absolute atomic E-state index is 13.1. The molecule has 0 saturated heterocycles. The summed E-state index contributed by atoms with van der Waals surface area (Å²) < 4.78 is 1.69. The van der Waals surface area contributed by atoms with E-state index < -0.39 is 0 Å². The molecule has 0 aliphatic carbocycles. The zero-order valence-corrected chi connectivity index (χ0v) is 16.2. The fourth-order valence-corrected chi connectivity index (χ4v) is 2.92. The van der Waals surface area contributed by atoms with Crippen LogP contribution in [0.5, 0.6) is 0 Å². The maximum Gasteiger partial charge on any atom is 0.272 e. The third-order valence-corrected chi connectivity index (χ3v) is 4.53. The van der Waals surface area contributed by atoms with Crippen molar-refractivity contribution < 1.29 is 4.79 Å². The predicted molar refractivity (Wildman–Crippen MR) is 104 cm³/mol. The van der Waals surface area contributed by atoms with Crippen molar-refractivity contribution >= 4 is 11.6 Å². The van der Waals surface area contributed by atoms with E-state index >= 15 is 0 Å². The lowest BCUT2D eigenvalue weighted by Crippen LogP contribution is -2.32. The highest BCUT2D eigenvalue weighted by molar-refractivity contribution is 5.94. The van der Waals surface area contributed by atoms with Crippen LogP contribution in [0.2, 0.25) is 0 Å². The Balaban J connectivity index is 2.25. The molecule has 1 aromatic carbocycles. The van der Waals surface area contributed by atoms with Gasteiger partial charge in [0.05, 0.1) is 11.4 Å². The van der Waals surface area contributed by atoms with E-state index in [4.69, 9.17) is 10.1 Å². The van der Waals surface area contributed by atoms with Crippen LogP contribution >= 0.6 is 0 Å². The second-order valence-corrected chi connectivity index (χ2v) is 7.42. The number of hydrogen-bond donors (Lipinski definition) is 0. The standard InChI is InChI=1S/C21H26N4O/c1-6-24(7-2)20(26)17-13-16(15-11-9-8-10-12-15)22-19-14-18(21(3,4)5)23-25(17)19/h8-14H,6-7H2,1-5H3. The van der Waals surface area contributed by atoms with Crippen LogP contribution in [0, 0.1) is 0 Å². The predicted octanol–water partition coefficient (Wildman–Crippen LogP) is 4.18. The summed E-state index contributed by atoms with van der Waals surface area (Å²) in [7, 11) is 0. The van der Waals surface area contributed by atoms with Gasteiger partial charge in [-0.25, -0.2) is 9.50 Å². The summed E-state index contributed by atoms with van der Waals surface area (Å²) in [6.45, 7) is 11.6. The molecule has 1 amide bonds. The van der Waals surface area contributed by atoms with Crippen molar-refractivity contribution in [2.24, 2.45) is 0 Å². The number of nitrogens with zero attached hydrogens (tertiary/aromatic N) is 4. The van der Waals surface area contributed by atoms with Crippen LogP contribution in [0.25, 0.3) is 16.9 Å². The first kappa shape index (κ1) is 18.1. The Hall–Kier alpha value is -2.69. The quantitative estimate of drug-likeness (QED) is 0.709. The molecular formula is C21H26N4O. The van der Waals surface area contributed by atoms with Gasteiger partial charge in [-0.05, 0) is 19.9 Å². The lowest BCUT2D eigenvalue weighted by atomic mass is 9.93. The van der Waals surface area contributed by atoms with E-state index in [-0.39, 0.29) is 11.3 Å². The molecule has 0 radical (unpaired) electrons. The van der Waals surface area contributed by atoms with E-state index in [1.54, 1.807) is 4.52 Å². The van der Waals surface area contributed by atoms with Gasteiger partial charge in [0, 0.05) is 30.1 Å². The molecule has 0 aliphatic rings. The minimum atomic E-state index is -0.115. The summed E-state index contributed by atoms with van der Waals surface area (Å²) in [4.78, 5) is 19.7. The Bertz CT molecular complexity index is 918. The summed E-state index contributed by atoms with van der Waals surface area (Å²) in [6.07, 6.45) is 0. The number of carbonyl (C=O) groups is 1. The number of carbonyl (C=O) groups excluding carboxylic acids is 1. The van der Waals surface area contributed by atoms with Gasteiger partial charge < -0.3 is 4.90 Å². The average molecular weight is 350 g/mol. The van der Waals surface area contributed by atoms with Crippen molar-refractivity contribution in [2.75, 3.05) is 13.1 Å². The van der Waals surface area contributed by atoms with Crippen molar-refractivity contribution in [1.29, 1.82) is 0 Å². The highest BCUT2D eigenvalue weighted by Crippen LogP contribution is 2.25. The van der Waals surface area contributed by atoms with Crippen LogP contribution in [0.15, 0.2) is 42.5 Å². The van der Waals surface area contributed by atoms with Gasteiger partial charge in [-0.3, -0.25) is 4.79 Å². The molecule has 0 fully saturated rings. The lowest BCUT2D eigenvalue weighted by molar-refractivity contribution is 0.0764. The molecule has 0 N–H and O–H groups in total. The second-order valence-electron chi connectivity index (χ2n) is 7.42. The highest BCUT2D eigenvalue weighted by Gasteiger charge is 2.23. The van der Waals surface area contributed by atoms with Gasteiger partial charge >= 0.3 is 0 Å². The molecule has 3 rings (SSSR count). The number of hydrogen-bond acceptors (Lipinski definition) is 3. The normalized spacial score (nSPS) is 11.7. The van der Waals surface area contributed by atoms with Crippen LogP contribution in [0.1, 0.15) is 50.8 Å². The highest BCUT2D eigenvalue weighted by atomic mass is 16.2. The van der Waals surface area contributed by atoms with Crippen molar-refractivity contribution in [2.45, 2.75) is 40.0 Å². The van der Waals surface area contributed by atoms with Crippen molar-refractivity contribution in [1.82, 2.24) is 19.5 Å². The Morgan fingerprint density at radius 2 is 1.73 bits per heavy atom. The molecular weight excluding hydrogens is 324 g/mol. The molecule has 0 spiro atoms. The molecule has 3 aromatic rings. The largest absolute Gasteiger partial charge is 0.338 e. The molecule has 0 saturated carbocycles.